The van der Waals surface area contributed by atoms with E-state index in [2.05, 4.69) is 20.9 Å². The number of benzene rings is 1. The second-order valence-electron chi connectivity index (χ2n) is 4.90. The van der Waals surface area contributed by atoms with Crippen LogP contribution in [-0.2, 0) is 4.79 Å². The van der Waals surface area contributed by atoms with Crippen molar-refractivity contribution in [3.8, 4) is 0 Å². The van der Waals surface area contributed by atoms with Crippen molar-refractivity contribution < 1.29 is 9.59 Å². The van der Waals surface area contributed by atoms with Gasteiger partial charge in [0.25, 0.3) is 0 Å². The predicted octanol–water partition coefficient (Wildman–Crippen LogP) is 2.86. The van der Waals surface area contributed by atoms with E-state index in [-0.39, 0.29) is 6.03 Å². The van der Waals surface area contributed by atoms with Gasteiger partial charge in [-0.25, -0.2) is 4.79 Å². The molecule has 0 saturated heterocycles. The summed E-state index contributed by atoms with van der Waals surface area (Å²) in [6.07, 6.45) is 6.73. The zero-order valence-corrected chi connectivity index (χ0v) is 12.5. The van der Waals surface area contributed by atoms with Crippen LogP contribution in [0.2, 0.25) is 0 Å². The number of urea groups is 1. The normalized spacial score (nSPS) is 15.0. The lowest BCUT2D eigenvalue weighted by Gasteiger charge is -2.20. The van der Waals surface area contributed by atoms with Crippen molar-refractivity contribution in [3.63, 3.8) is 0 Å². The van der Waals surface area contributed by atoms with Crippen LogP contribution in [0.3, 0.4) is 0 Å². The lowest BCUT2D eigenvalue weighted by molar-refractivity contribution is -0.109. The van der Waals surface area contributed by atoms with E-state index in [9.17, 15) is 9.59 Å². The lowest BCUT2D eigenvalue weighted by atomic mass is 10.0. The van der Waals surface area contributed by atoms with Gasteiger partial charge in [0.1, 0.15) is 0 Å². The molecule has 3 amide bonds. The summed E-state index contributed by atoms with van der Waals surface area (Å²) in [6.45, 7) is 0. The van der Waals surface area contributed by atoms with Gasteiger partial charge in [-0.05, 0) is 49.1 Å². The molecule has 1 aromatic rings. The molecular formula is C14H20N4O2S. The van der Waals surface area contributed by atoms with Gasteiger partial charge in [-0.3, -0.25) is 20.4 Å². The van der Waals surface area contributed by atoms with Gasteiger partial charge < -0.3 is 5.32 Å². The number of hydrogen-bond donors (Lipinski definition) is 4. The summed E-state index contributed by atoms with van der Waals surface area (Å²) in [5, 5.41) is 3.31. The average molecular weight is 308 g/mol. The van der Waals surface area contributed by atoms with Crippen LogP contribution in [0.1, 0.15) is 32.1 Å². The molecule has 0 radical (unpaired) electrons. The largest absolute Gasteiger partial charge is 0.329 e. The summed E-state index contributed by atoms with van der Waals surface area (Å²) in [6, 6.07) is 6.84. The third kappa shape index (κ3) is 5.55. The number of hydrazine groups is 1. The number of anilines is 2. The van der Waals surface area contributed by atoms with Crippen LogP contribution in [0.25, 0.3) is 0 Å². The topological polar surface area (TPSA) is 82.3 Å². The maximum Gasteiger partial charge on any atom is 0.329 e. The van der Waals surface area contributed by atoms with E-state index >= 15 is 0 Å². The van der Waals surface area contributed by atoms with E-state index in [1.807, 2.05) is 0 Å². The zero-order valence-electron chi connectivity index (χ0n) is 11.7. The Labute approximate surface area is 128 Å². The summed E-state index contributed by atoms with van der Waals surface area (Å²) >= 11 is 1.52. The summed E-state index contributed by atoms with van der Waals surface area (Å²) in [5.74, 6) is 0. The van der Waals surface area contributed by atoms with Crippen LogP contribution < -0.4 is 20.9 Å². The maximum atomic E-state index is 11.8. The van der Waals surface area contributed by atoms with Crippen LogP contribution in [0, 0.1) is 0 Å². The fourth-order valence-electron chi connectivity index (χ4n) is 2.23. The molecular weight excluding hydrogens is 288 g/mol. The number of hydrogen-bond acceptors (Lipinski definition) is 4. The molecule has 0 aromatic heterocycles. The van der Waals surface area contributed by atoms with Crippen LogP contribution in [0.4, 0.5) is 16.2 Å². The van der Waals surface area contributed by atoms with E-state index < -0.39 is 0 Å². The van der Waals surface area contributed by atoms with Crippen molar-refractivity contribution in [1.29, 1.82) is 0 Å². The third-order valence-corrected chi connectivity index (χ3v) is 4.40. The maximum absolute atomic E-state index is 11.8. The van der Waals surface area contributed by atoms with Gasteiger partial charge in [0, 0.05) is 10.9 Å². The van der Waals surface area contributed by atoms with E-state index in [4.69, 9.17) is 0 Å². The van der Waals surface area contributed by atoms with E-state index in [0.717, 1.165) is 5.69 Å². The fraction of sp³-hybridized carbons (Fsp3) is 0.429. The first-order chi connectivity index (χ1) is 10.3. The third-order valence-electron chi connectivity index (χ3n) is 3.29. The highest BCUT2D eigenvalue weighted by atomic mass is 32.2. The van der Waals surface area contributed by atoms with Gasteiger partial charge >= 0.3 is 6.03 Å². The van der Waals surface area contributed by atoms with Gasteiger partial charge in [-0.2, -0.15) is 0 Å². The Bertz CT molecular complexity index is 461. The van der Waals surface area contributed by atoms with Gasteiger partial charge in [-0.1, -0.05) is 19.3 Å². The summed E-state index contributed by atoms with van der Waals surface area (Å²) in [4.78, 5) is 21.9. The molecule has 1 aliphatic carbocycles. The first-order valence-electron chi connectivity index (χ1n) is 7.06. The van der Waals surface area contributed by atoms with Crippen molar-refractivity contribution in [2.24, 2.45) is 0 Å². The van der Waals surface area contributed by atoms with Crippen LogP contribution in [0.15, 0.2) is 24.3 Å². The smallest absolute Gasteiger partial charge is 0.307 e. The van der Waals surface area contributed by atoms with Gasteiger partial charge in [0.05, 0.1) is 5.69 Å². The van der Waals surface area contributed by atoms with E-state index in [0.29, 0.717) is 17.3 Å². The quantitative estimate of drug-likeness (QED) is 0.370. The minimum atomic E-state index is -0.211. The Kier molecular flexibility index (Phi) is 6.21. The summed E-state index contributed by atoms with van der Waals surface area (Å²) < 4.78 is 2.84. The molecule has 7 heteroatoms. The fourth-order valence-corrected chi connectivity index (χ4v) is 3.12. The van der Waals surface area contributed by atoms with Crippen molar-refractivity contribution in [3.05, 3.63) is 24.3 Å². The molecule has 0 bridgehead atoms. The molecule has 114 valence electrons. The first kappa shape index (κ1) is 15.5. The molecule has 0 atom stereocenters. The molecule has 6 nitrogen and oxygen atoms in total. The first-order valence-corrected chi connectivity index (χ1v) is 7.94. The Morgan fingerprint density at radius 2 is 1.76 bits per heavy atom. The molecule has 1 aromatic carbocycles. The zero-order chi connectivity index (χ0) is 14.9. The minimum Gasteiger partial charge on any atom is -0.307 e. The summed E-state index contributed by atoms with van der Waals surface area (Å²) in [5.41, 5.74) is 6.48. The standard InChI is InChI=1S/C14H20N4O2S/c19-10-15-17-12-8-6-11(7-9-12)16-14(20)18-21-13-4-2-1-3-5-13/h6-10,13,17H,1-5H2,(H,15,19)(H2,16,18,20). The van der Waals surface area contributed by atoms with E-state index in [1.165, 1.54) is 44.1 Å². The van der Waals surface area contributed by atoms with Gasteiger partial charge in [0.2, 0.25) is 6.41 Å². The van der Waals surface area contributed by atoms with Crippen molar-refractivity contribution in [2.75, 3.05) is 10.7 Å². The molecule has 0 spiro atoms. The Balaban J connectivity index is 1.72. The summed E-state index contributed by atoms with van der Waals surface area (Å²) in [7, 11) is 0. The number of nitrogens with one attached hydrogen (secondary N) is 4. The van der Waals surface area contributed by atoms with Crippen molar-refractivity contribution >= 4 is 35.8 Å². The van der Waals surface area contributed by atoms with Crippen LogP contribution in [-0.4, -0.2) is 17.7 Å². The second-order valence-corrected chi connectivity index (χ2v) is 6.01. The molecule has 0 heterocycles. The van der Waals surface area contributed by atoms with Gasteiger partial charge in [0.15, 0.2) is 0 Å². The highest BCUT2D eigenvalue weighted by molar-refractivity contribution is 7.98. The Hall–Kier alpha value is -1.89. The van der Waals surface area contributed by atoms with Crippen molar-refractivity contribution in [2.45, 2.75) is 37.4 Å². The molecule has 1 saturated carbocycles. The SMILES string of the molecule is O=CNNc1ccc(NC(=O)NSC2CCCCC2)cc1. The van der Waals surface area contributed by atoms with Gasteiger partial charge in [-0.15, -0.1) is 0 Å². The van der Waals surface area contributed by atoms with Crippen LogP contribution >= 0.6 is 11.9 Å². The molecule has 1 aliphatic rings. The molecule has 1 fully saturated rings. The highest BCUT2D eigenvalue weighted by Gasteiger charge is 2.15. The Morgan fingerprint density at radius 1 is 1.10 bits per heavy atom. The minimum absolute atomic E-state index is 0.211. The molecule has 21 heavy (non-hydrogen) atoms. The predicted molar refractivity (Wildman–Crippen MR) is 85.9 cm³/mol. The second kappa shape index (κ2) is 8.41. The highest BCUT2D eigenvalue weighted by Crippen LogP contribution is 2.26. The number of rotatable bonds is 6. The average Bonchev–Trinajstić information content (AvgIpc) is 2.53. The number of carbonyl (C=O) groups excluding carboxylic acids is 2. The van der Waals surface area contributed by atoms with E-state index in [1.54, 1.807) is 24.3 Å². The lowest BCUT2D eigenvalue weighted by Crippen LogP contribution is -2.26. The van der Waals surface area contributed by atoms with Crippen LogP contribution in [0.5, 0.6) is 0 Å². The van der Waals surface area contributed by atoms with Crippen molar-refractivity contribution in [1.82, 2.24) is 10.1 Å². The Morgan fingerprint density at radius 3 is 2.43 bits per heavy atom. The number of amides is 3. The molecule has 0 aliphatic heterocycles. The monoisotopic (exact) mass is 308 g/mol. The molecule has 0 unspecified atom stereocenters. The number of carbonyl (C=O) groups is 2. The molecule has 2 rings (SSSR count). The molecule has 4 N–H and O–H groups in total.